The van der Waals surface area contributed by atoms with Crippen LogP contribution in [0.25, 0.3) is 0 Å². The van der Waals surface area contributed by atoms with Gasteiger partial charge in [-0.1, -0.05) is 20.8 Å². The van der Waals surface area contributed by atoms with E-state index >= 15 is 0 Å². The molecule has 5 nitrogen and oxygen atoms in total. The number of primary amides is 1. The van der Waals surface area contributed by atoms with E-state index in [2.05, 4.69) is 5.32 Å². The fraction of sp³-hybridized carbons (Fsp3) is 0.800. The normalized spacial score (nSPS) is 10.4. The summed E-state index contributed by atoms with van der Waals surface area (Å²) in [6.45, 7) is 7.47. The van der Waals surface area contributed by atoms with E-state index in [-0.39, 0.29) is 19.0 Å². The molecule has 0 heterocycles. The molecule has 0 atom stereocenters. The van der Waals surface area contributed by atoms with Crippen LogP contribution in [0.5, 0.6) is 0 Å². The van der Waals surface area contributed by atoms with Crippen molar-refractivity contribution in [3.63, 3.8) is 0 Å². The van der Waals surface area contributed by atoms with Crippen LogP contribution in [0.2, 0.25) is 0 Å². The molecule has 3 N–H and O–H groups in total. The fourth-order valence-electron chi connectivity index (χ4n) is 1.23. The van der Waals surface area contributed by atoms with Crippen molar-refractivity contribution in [3.8, 4) is 0 Å². The number of nitrogens with zero attached hydrogens (tertiary/aromatic N) is 1. The second-order valence-corrected chi connectivity index (χ2v) is 3.91. The van der Waals surface area contributed by atoms with Gasteiger partial charge in [-0.25, -0.2) is 0 Å². The highest BCUT2D eigenvalue weighted by Gasteiger charge is 2.15. The summed E-state index contributed by atoms with van der Waals surface area (Å²) >= 11 is 0. The van der Waals surface area contributed by atoms with E-state index in [0.29, 0.717) is 12.5 Å². The predicted molar refractivity (Wildman–Crippen MR) is 59.2 cm³/mol. The van der Waals surface area contributed by atoms with E-state index in [4.69, 9.17) is 5.73 Å². The number of nitrogens with two attached hydrogens (primary N) is 1. The maximum atomic E-state index is 11.6. The largest absolute Gasteiger partial charge is 0.368 e. The number of rotatable bonds is 7. The van der Waals surface area contributed by atoms with Crippen LogP contribution in [0, 0.1) is 5.92 Å². The fourth-order valence-corrected chi connectivity index (χ4v) is 1.23. The maximum absolute atomic E-state index is 11.6. The van der Waals surface area contributed by atoms with Gasteiger partial charge in [0.2, 0.25) is 11.8 Å². The first kappa shape index (κ1) is 13.9. The van der Waals surface area contributed by atoms with Crippen molar-refractivity contribution < 1.29 is 9.59 Å². The van der Waals surface area contributed by atoms with Crippen molar-refractivity contribution in [2.45, 2.75) is 20.8 Å². The number of carbonyl (C=O) groups is 2. The maximum Gasteiger partial charge on any atom is 0.237 e. The summed E-state index contributed by atoms with van der Waals surface area (Å²) in [5.74, 6) is -0.222. The molecule has 0 saturated carbocycles. The molecule has 0 aromatic carbocycles. The molecule has 0 aromatic heterocycles. The molecule has 88 valence electrons. The van der Waals surface area contributed by atoms with Crippen LogP contribution in [0.4, 0.5) is 0 Å². The number of hydrogen-bond acceptors (Lipinski definition) is 3. The van der Waals surface area contributed by atoms with Crippen molar-refractivity contribution in [1.29, 1.82) is 0 Å². The predicted octanol–water partition coefficient (Wildman–Crippen LogP) is -0.434. The molecule has 0 fully saturated rings. The summed E-state index contributed by atoms with van der Waals surface area (Å²) < 4.78 is 0. The zero-order chi connectivity index (χ0) is 11.8. The average molecular weight is 215 g/mol. The molecule has 0 rings (SSSR count). The third-order valence-electron chi connectivity index (χ3n) is 1.81. The van der Waals surface area contributed by atoms with Crippen molar-refractivity contribution in [2.75, 3.05) is 26.2 Å². The van der Waals surface area contributed by atoms with E-state index in [1.165, 1.54) is 4.90 Å². The first-order valence-corrected chi connectivity index (χ1v) is 5.24. The Balaban J connectivity index is 4.20. The first-order valence-electron chi connectivity index (χ1n) is 5.24. The number of nitrogens with one attached hydrogen (secondary N) is 1. The average Bonchev–Trinajstić information content (AvgIpc) is 2.11. The number of likely N-dealkylation sites (N-methyl/N-ethyl adjacent to an activating group) is 1. The van der Waals surface area contributed by atoms with Crippen LogP contribution in [0.3, 0.4) is 0 Å². The van der Waals surface area contributed by atoms with E-state index < -0.39 is 5.91 Å². The van der Waals surface area contributed by atoms with Gasteiger partial charge in [0.1, 0.15) is 0 Å². The molecule has 2 amide bonds. The van der Waals surface area contributed by atoms with Crippen molar-refractivity contribution in [3.05, 3.63) is 0 Å². The molecule has 0 aromatic rings. The minimum absolute atomic E-state index is 0.00239. The Bertz CT molecular complexity index is 217. The smallest absolute Gasteiger partial charge is 0.237 e. The SMILES string of the molecule is CCNCC(=O)N(CC(N)=O)CC(C)C. The number of amides is 2. The molecule has 0 aliphatic heterocycles. The van der Waals surface area contributed by atoms with Gasteiger partial charge in [0.15, 0.2) is 0 Å². The van der Waals surface area contributed by atoms with Crippen molar-refractivity contribution in [1.82, 2.24) is 10.2 Å². The minimum Gasteiger partial charge on any atom is -0.368 e. The van der Waals surface area contributed by atoms with E-state index in [1.54, 1.807) is 0 Å². The first-order chi connectivity index (χ1) is 6.97. The lowest BCUT2D eigenvalue weighted by Gasteiger charge is -2.23. The Morgan fingerprint density at radius 3 is 2.40 bits per heavy atom. The molecule has 0 spiro atoms. The van der Waals surface area contributed by atoms with E-state index in [0.717, 1.165) is 6.54 Å². The van der Waals surface area contributed by atoms with Gasteiger partial charge in [-0.3, -0.25) is 9.59 Å². The molecule has 0 aliphatic rings. The van der Waals surface area contributed by atoms with Gasteiger partial charge in [-0.2, -0.15) is 0 Å². The van der Waals surface area contributed by atoms with E-state index in [9.17, 15) is 9.59 Å². The minimum atomic E-state index is -0.472. The monoisotopic (exact) mass is 215 g/mol. The van der Waals surface area contributed by atoms with Crippen LogP contribution in [0.15, 0.2) is 0 Å². The van der Waals surface area contributed by atoms with Gasteiger partial charge in [0.25, 0.3) is 0 Å². The summed E-state index contributed by atoms with van der Waals surface area (Å²) in [7, 11) is 0. The third kappa shape index (κ3) is 6.90. The molecule has 0 radical (unpaired) electrons. The van der Waals surface area contributed by atoms with Crippen LogP contribution in [0.1, 0.15) is 20.8 Å². The molecule has 15 heavy (non-hydrogen) atoms. The van der Waals surface area contributed by atoms with Gasteiger partial charge >= 0.3 is 0 Å². The Morgan fingerprint density at radius 1 is 1.40 bits per heavy atom. The van der Waals surface area contributed by atoms with Gasteiger partial charge in [-0.15, -0.1) is 0 Å². The van der Waals surface area contributed by atoms with Crippen molar-refractivity contribution >= 4 is 11.8 Å². The zero-order valence-electron chi connectivity index (χ0n) is 9.75. The Morgan fingerprint density at radius 2 is 2.00 bits per heavy atom. The van der Waals surface area contributed by atoms with E-state index in [1.807, 2.05) is 20.8 Å². The van der Waals surface area contributed by atoms with Gasteiger partial charge in [0.05, 0.1) is 13.1 Å². The Hall–Kier alpha value is -1.10. The van der Waals surface area contributed by atoms with Gasteiger partial charge in [0, 0.05) is 6.54 Å². The molecular formula is C10H21N3O2. The lowest BCUT2D eigenvalue weighted by molar-refractivity contribution is -0.134. The second kappa shape index (κ2) is 7.23. The molecule has 5 heteroatoms. The summed E-state index contributed by atoms with van der Waals surface area (Å²) in [4.78, 5) is 23.9. The molecule has 0 unspecified atom stereocenters. The molecule has 0 aliphatic carbocycles. The van der Waals surface area contributed by atoms with Gasteiger partial charge in [-0.05, 0) is 12.5 Å². The topological polar surface area (TPSA) is 75.4 Å². The highest BCUT2D eigenvalue weighted by Crippen LogP contribution is 1.98. The van der Waals surface area contributed by atoms with Crippen molar-refractivity contribution in [2.24, 2.45) is 11.7 Å². The second-order valence-electron chi connectivity index (χ2n) is 3.91. The Kier molecular flexibility index (Phi) is 6.70. The Labute approximate surface area is 91.0 Å². The highest BCUT2D eigenvalue weighted by atomic mass is 16.2. The summed E-state index contributed by atoms with van der Waals surface area (Å²) in [6, 6.07) is 0. The standard InChI is InChI=1S/C10H21N3O2/c1-4-12-5-10(15)13(6-8(2)3)7-9(11)14/h8,12H,4-7H2,1-3H3,(H2,11,14). The molecule has 0 saturated heterocycles. The van der Waals surface area contributed by atoms with Crippen LogP contribution in [-0.2, 0) is 9.59 Å². The zero-order valence-corrected chi connectivity index (χ0v) is 9.75. The number of carbonyl (C=O) groups excluding carboxylic acids is 2. The van der Waals surface area contributed by atoms with Gasteiger partial charge < -0.3 is 16.0 Å². The molecular weight excluding hydrogens is 194 g/mol. The molecule has 0 bridgehead atoms. The third-order valence-corrected chi connectivity index (χ3v) is 1.81. The lowest BCUT2D eigenvalue weighted by Crippen LogP contribution is -2.44. The number of hydrogen-bond donors (Lipinski definition) is 2. The lowest BCUT2D eigenvalue weighted by atomic mass is 10.2. The summed E-state index contributed by atoms with van der Waals surface area (Å²) in [5.41, 5.74) is 5.08. The summed E-state index contributed by atoms with van der Waals surface area (Å²) in [6.07, 6.45) is 0. The quantitative estimate of drug-likeness (QED) is 0.605. The summed E-state index contributed by atoms with van der Waals surface area (Å²) in [5, 5.41) is 2.93. The van der Waals surface area contributed by atoms with Crippen LogP contribution < -0.4 is 11.1 Å². The highest BCUT2D eigenvalue weighted by molar-refractivity contribution is 5.84. The van der Waals surface area contributed by atoms with Crippen LogP contribution >= 0.6 is 0 Å². The van der Waals surface area contributed by atoms with Crippen LogP contribution in [-0.4, -0.2) is 42.9 Å².